The van der Waals surface area contributed by atoms with Gasteiger partial charge in [-0.05, 0) is 65.7 Å². The third-order valence-corrected chi connectivity index (χ3v) is 12.2. The maximum absolute atomic E-state index is 6.63. The number of nitrogens with zero attached hydrogens (tertiary/aromatic N) is 4. The van der Waals surface area contributed by atoms with E-state index in [4.69, 9.17) is 19.4 Å². The highest BCUT2D eigenvalue weighted by Gasteiger charge is 2.19. The maximum atomic E-state index is 6.63. The molecule has 0 unspecified atom stereocenters. The Labute approximate surface area is 330 Å². The molecule has 6 heteroatoms. The Balaban J connectivity index is 0.958. The van der Waals surface area contributed by atoms with Crippen LogP contribution in [0.2, 0.25) is 0 Å². The third-order valence-electron chi connectivity index (χ3n) is 11.1. The van der Waals surface area contributed by atoms with Crippen LogP contribution < -0.4 is 0 Å². The molecule has 0 saturated carbocycles. The van der Waals surface area contributed by atoms with Crippen molar-refractivity contribution in [1.82, 2.24) is 19.5 Å². The van der Waals surface area contributed by atoms with Crippen molar-refractivity contribution in [3.8, 4) is 51.0 Å². The molecule has 12 aromatic rings. The molecule has 0 spiro atoms. The maximum Gasteiger partial charge on any atom is 0.167 e. The lowest BCUT2D eigenvalue weighted by atomic mass is 10.00. The number of furan rings is 1. The summed E-state index contributed by atoms with van der Waals surface area (Å²) in [7, 11) is 0. The standard InChI is InChI=1S/C51H30N4OS/c1-3-12-31(13-4-1)49-52-50(32-14-5-2-6-15-32)54-51(53-49)40-19-11-18-39-41-28-33(22-26-45(41)56-48(39)40)34-23-27-46-42(29-34)38-25-24-35(30-47(38)57-46)55-43-20-9-7-16-36(43)37-17-8-10-21-44(37)55/h1-30H. The number of aromatic nitrogens is 4. The molecule has 12 rings (SSSR count). The number of rotatable bonds is 5. The molecule has 5 nitrogen and oxygen atoms in total. The Morgan fingerprint density at radius 1 is 0.386 bits per heavy atom. The van der Waals surface area contributed by atoms with Crippen molar-refractivity contribution in [2.24, 2.45) is 0 Å². The Kier molecular flexibility index (Phi) is 7.03. The monoisotopic (exact) mass is 746 g/mol. The molecule has 0 bridgehead atoms. The van der Waals surface area contributed by atoms with Crippen LogP contribution in [0.25, 0.3) is 115 Å². The molecule has 0 aliphatic heterocycles. The van der Waals surface area contributed by atoms with Gasteiger partial charge in [-0.3, -0.25) is 0 Å². The Bertz CT molecular complexity index is 3420. The van der Waals surface area contributed by atoms with Gasteiger partial charge in [-0.2, -0.15) is 0 Å². The average Bonchev–Trinajstić information content (AvgIpc) is 3.95. The van der Waals surface area contributed by atoms with Gasteiger partial charge in [0.25, 0.3) is 0 Å². The van der Waals surface area contributed by atoms with Crippen molar-refractivity contribution < 1.29 is 4.42 Å². The van der Waals surface area contributed by atoms with Crippen molar-refractivity contribution >= 4 is 75.3 Å². The van der Waals surface area contributed by atoms with E-state index in [0.717, 1.165) is 44.2 Å². The van der Waals surface area contributed by atoms with Crippen molar-refractivity contribution in [2.75, 3.05) is 0 Å². The van der Waals surface area contributed by atoms with E-state index in [2.05, 4.69) is 120 Å². The van der Waals surface area contributed by atoms with E-state index < -0.39 is 0 Å². The van der Waals surface area contributed by atoms with Gasteiger partial charge in [0, 0.05) is 58.5 Å². The summed E-state index contributed by atoms with van der Waals surface area (Å²) in [5.74, 6) is 1.81. The summed E-state index contributed by atoms with van der Waals surface area (Å²) in [4.78, 5) is 14.9. The molecular formula is C51H30N4OS. The van der Waals surface area contributed by atoms with Crippen LogP contribution in [-0.4, -0.2) is 19.5 Å². The fourth-order valence-electron chi connectivity index (χ4n) is 8.37. The van der Waals surface area contributed by atoms with Gasteiger partial charge < -0.3 is 8.98 Å². The lowest BCUT2D eigenvalue weighted by molar-refractivity contribution is 0.669. The summed E-state index contributed by atoms with van der Waals surface area (Å²) >= 11 is 1.85. The molecule has 0 N–H and O–H groups in total. The van der Waals surface area contributed by atoms with E-state index in [-0.39, 0.29) is 0 Å². The lowest BCUT2D eigenvalue weighted by Gasteiger charge is -2.08. The van der Waals surface area contributed by atoms with Gasteiger partial charge in [0.05, 0.1) is 16.6 Å². The highest BCUT2D eigenvalue weighted by atomic mass is 32.1. The second kappa shape index (κ2) is 12.6. The first-order valence-corrected chi connectivity index (χ1v) is 19.8. The molecule has 0 aliphatic carbocycles. The molecule has 266 valence electrons. The van der Waals surface area contributed by atoms with Crippen LogP contribution >= 0.6 is 11.3 Å². The van der Waals surface area contributed by atoms with E-state index >= 15 is 0 Å². The van der Waals surface area contributed by atoms with E-state index in [9.17, 15) is 0 Å². The molecular weight excluding hydrogens is 717 g/mol. The molecule has 0 saturated heterocycles. The van der Waals surface area contributed by atoms with Crippen molar-refractivity contribution in [2.45, 2.75) is 0 Å². The molecule has 4 aromatic heterocycles. The van der Waals surface area contributed by atoms with Gasteiger partial charge in [-0.1, -0.05) is 127 Å². The minimum atomic E-state index is 0.573. The molecule has 0 fully saturated rings. The summed E-state index contributed by atoms with van der Waals surface area (Å²) in [6.45, 7) is 0. The van der Waals surface area contributed by atoms with E-state index in [1.54, 1.807) is 0 Å². The number of hydrogen-bond donors (Lipinski definition) is 0. The van der Waals surface area contributed by atoms with E-state index in [0.29, 0.717) is 17.5 Å². The van der Waals surface area contributed by atoms with Crippen molar-refractivity contribution in [1.29, 1.82) is 0 Å². The van der Waals surface area contributed by atoms with Crippen LogP contribution in [0.3, 0.4) is 0 Å². The molecule has 57 heavy (non-hydrogen) atoms. The van der Waals surface area contributed by atoms with Crippen molar-refractivity contribution in [3.63, 3.8) is 0 Å². The molecule has 4 heterocycles. The first kappa shape index (κ1) is 31.9. The van der Waals surface area contributed by atoms with Crippen LogP contribution in [0.4, 0.5) is 0 Å². The number of benzene rings is 8. The third kappa shape index (κ3) is 5.12. The predicted octanol–water partition coefficient (Wildman–Crippen LogP) is 13.9. The number of para-hydroxylation sites is 3. The Hall–Kier alpha value is -7.41. The van der Waals surface area contributed by atoms with Crippen LogP contribution in [-0.2, 0) is 0 Å². The van der Waals surface area contributed by atoms with Crippen LogP contribution in [0.15, 0.2) is 186 Å². The quantitative estimate of drug-likeness (QED) is 0.176. The first-order valence-electron chi connectivity index (χ1n) is 19.0. The van der Waals surface area contributed by atoms with Crippen molar-refractivity contribution in [3.05, 3.63) is 182 Å². The van der Waals surface area contributed by atoms with Gasteiger partial charge in [0.2, 0.25) is 0 Å². The molecule has 0 radical (unpaired) electrons. The fraction of sp³-hybridized carbons (Fsp3) is 0. The fourth-order valence-corrected chi connectivity index (χ4v) is 9.49. The number of thiophene rings is 1. The summed E-state index contributed by atoms with van der Waals surface area (Å²) in [6.07, 6.45) is 0. The number of fused-ring (bicyclic) bond motifs is 9. The Morgan fingerprint density at radius 2 is 0.982 bits per heavy atom. The summed E-state index contributed by atoms with van der Waals surface area (Å²) < 4.78 is 11.6. The normalized spacial score (nSPS) is 11.9. The average molecular weight is 747 g/mol. The highest BCUT2D eigenvalue weighted by molar-refractivity contribution is 7.25. The Morgan fingerprint density at radius 3 is 1.68 bits per heavy atom. The largest absolute Gasteiger partial charge is 0.455 e. The molecule has 0 amide bonds. The summed E-state index contributed by atoms with van der Waals surface area (Å²) in [5.41, 5.74) is 10.2. The van der Waals surface area contributed by atoms with Gasteiger partial charge in [-0.15, -0.1) is 11.3 Å². The zero-order chi connectivity index (χ0) is 37.5. The minimum Gasteiger partial charge on any atom is -0.455 e. The molecule has 8 aromatic carbocycles. The molecule has 0 aliphatic rings. The zero-order valence-corrected chi connectivity index (χ0v) is 31.2. The summed E-state index contributed by atoms with van der Waals surface area (Å²) in [6, 6.07) is 63.9. The molecule has 0 atom stereocenters. The van der Waals surface area contributed by atoms with Gasteiger partial charge in [0.15, 0.2) is 17.5 Å². The predicted molar refractivity (Wildman–Crippen MR) is 236 cm³/mol. The zero-order valence-electron chi connectivity index (χ0n) is 30.4. The van der Waals surface area contributed by atoms with Gasteiger partial charge >= 0.3 is 0 Å². The minimum absolute atomic E-state index is 0.573. The lowest BCUT2D eigenvalue weighted by Crippen LogP contribution is -2.00. The van der Waals surface area contributed by atoms with Crippen LogP contribution in [0.5, 0.6) is 0 Å². The SMILES string of the molecule is c1ccc(-c2nc(-c3ccccc3)nc(-c3cccc4c3oc3ccc(-c5ccc6sc7cc(-n8c9ccccc9c9ccccc98)ccc7c6c5)cc34)n2)cc1. The second-order valence-corrected chi connectivity index (χ2v) is 15.5. The van der Waals surface area contributed by atoms with Crippen LogP contribution in [0, 0.1) is 0 Å². The smallest absolute Gasteiger partial charge is 0.167 e. The second-order valence-electron chi connectivity index (χ2n) is 14.4. The van der Waals surface area contributed by atoms with E-state index in [1.807, 2.05) is 78.1 Å². The summed E-state index contributed by atoms with van der Waals surface area (Å²) in [5, 5.41) is 7.14. The topological polar surface area (TPSA) is 56.7 Å². The van der Waals surface area contributed by atoms with Crippen LogP contribution in [0.1, 0.15) is 0 Å². The first-order chi connectivity index (χ1) is 28.2. The van der Waals surface area contributed by atoms with E-state index in [1.165, 1.54) is 53.2 Å². The van der Waals surface area contributed by atoms with Gasteiger partial charge in [-0.25, -0.2) is 15.0 Å². The van der Waals surface area contributed by atoms with Gasteiger partial charge in [0.1, 0.15) is 11.2 Å². The number of hydrogen-bond acceptors (Lipinski definition) is 5. The highest BCUT2D eigenvalue weighted by Crippen LogP contribution is 2.41.